The van der Waals surface area contributed by atoms with E-state index in [0.29, 0.717) is 5.56 Å². The monoisotopic (exact) mass is 351 g/mol. The largest absolute Gasteiger partial charge is 0.481 e. The summed E-state index contributed by atoms with van der Waals surface area (Å²) in [5.74, 6) is -0.306. The summed E-state index contributed by atoms with van der Waals surface area (Å²) < 4.78 is 20.6. The van der Waals surface area contributed by atoms with Crippen LogP contribution in [-0.2, 0) is 6.42 Å². The van der Waals surface area contributed by atoms with Crippen molar-refractivity contribution < 1.29 is 9.13 Å². The highest BCUT2D eigenvalue weighted by molar-refractivity contribution is 5.40. The summed E-state index contributed by atoms with van der Waals surface area (Å²) in [5.41, 5.74) is 8.83. The van der Waals surface area contributed by atoms with Crippen LogP contribution in [0.5, 0.6) is 5.75 Å². The zero-order chi connectivity index (χ0) is 18.1. The van der Waals surface area contributed by atoms with Crippen LogP contribution in [0.4, 0.5) is 4.39 Å². The lowest BCUT2D eigenvalue weighted by Crippen LogP contribution is -2.49. The third-order valence-corrected chi connectivity index (χ3v) is 5.41. The number of halogens is 1. The van der Waals surface area contributed by atoms with E-state index in [4.69, 9.17) is 15.7 Å². The second-order valence-corrected chi connectivity index (χ2v) is 7.16. The Hall–Kier alpha value is -2.42. The summed E-state index contributed by atoms with van der Waals surface area (Å²) in [4.78, 5) is 2.39. The summed E-state index contributed by atoms with van der Waals surface area (Å²) in [6.45, 7) is 1.83. The number of ether oxygens (including phenoxy) is 1. The predicted octanol–water partition coefficient (Wildman–Crippen LogP) is 3.17. The molecule has 4 rings (SSSR count). The van der Waals surface area contributed by atoms with E-state index in [-0.39, 0.29) is 23.9 Å². The third kappa shape index (κ3) is 3.18. The van der Waals surface area contributed by atoms with Crippen LogP contribution in [0.15, 0.2) is 42.5 Å². The molecule has 1 saturated heterocycles. The van der Waals surface area contributed by atoms with Crippen LogP contribution in [0.25, 0.3) is 0 Å². The fourth-order valence-electron chi connectivity index (χ4n) is 4.14. The Bertz CT molecular complexity index is 847. The number of nitriles is 1. The molecule has 2 aromatic rings. The molecule has 1 aliphatic heterocycles. The van der Waals surface area contributed by atoms with Crippen LogP contribution >= 0.6 is 0 Å². The maximum atomic E-state index is 14.4. The van der Waals surface area contributed by atoms with Gasteiger partial charge in [-0.3, -0.25) is 4.90 Å². The summed E-state index contributed by atoms with van der Waals surface area (Å²) in [7, 11) is 0. The second kappa shape index (κ2) is 7.06. The number of nitrogens with zero attached hydrogens (tertiary/aromatic N) is 2. The zero-order valence-corrected chi connectivity index (χ0v) is 14.6. The van der Waals surface area contributed by atoms with Crippen LogP contribution in [0.1, 0.15) is 35.6 Å². The molecule has 0 amide bonds. The lowest BCUT2D eigenvalue weighted by molar-refractivity contribution is 0.0571. The fraction of sp³-hybridized carbons (Fsp3) is 0.381. The van der Waals surface area contributed by atoms with Crippen molar-refractivity contribution in [2.24, 2.45) is 5.73 Å². The molecular weight excluding hydrogens is 329 g/mol. The molecule has 0 aromatic heterocycles. The van der Waals surface area contributed by atoms with Crippen molar-refractivity contribution in [2.75, 3.05) is 13.1 Å². The zero-order valence-electron chi connectivity index (χ0n) is 14.6. The second-order valence-electron chi connectivity index (χ2n) is 7.16. The average Bonchev–Trinajstić information content (AvgIpc) is 3.02. The van der Waals surface area contributed by atoms with Crippen molar-refractivity contribution in [3.8, 4) is 11.8 Å². The molecule has 26 heavy (non-hydrogen) atoms. The first-order chi connectivity index (χ1) is 12.7. The molecule has 2 aliphatic rings. The molecule has 1 fully saturated rings. The van der Waals surface area contributed by atoms with Gasteiger partial charge in [-0.15, -0.1) is 0 Å². The molecule has 5 heteroatoms. The molecule has 4 nitrogen and oxygen atoms in total. The number of nitrogens with two attached hydrogens (primary N) is 1. The van der Waals surface area contributed by atoms with Gasteiger partial charge in [0, 0.05) is 12.6 Å². The number of fused-ring (bicyclic) bond motifs is 1. The lowest BCUT2D eigenvalue weighted by atomic mass is 10.0. The van der Waals surface area contributed by atoms with Gasteiger partial charge in [-0.1, -0.05) is 24.3 Å². The van der Waals surface area contributed by atoms with Gasteiger partial charge >= 0.3 is 0 Å². The minimum absolute atomic E-state index is 0.147. The molecule has 0 spiro atoms. The first kappa shape index (κ1) is 17.0. The van der Waals surface area contributed by atoms with Gasteiger partial charge < -0.3 is 10.5 Å². The van der Waals surface area contributed by atoms with Crippen LogP contribution in [0.3, 0.4) is 0 Å². The highest BCUT2D eigenvalue weighted by Gasteiger charge is 2.39. The number of rotatable bonds is 3. The maximum Gasteiger partial charge on any atom is 0.166 e. The molecule has 2 aromatic carbocycles. The van der Waals surface area contributed by atoms with Gasteiger partial charge in [0.2, 0.25) is 0 Å². The molecule has 1 aliphatic carbocycles. The topological polar surface area (TPSA) is 62.3 Å². The first-order valence-electron chi connectivity index (χ1n) is 9.09. The quantitative estimate of drug-likeness (QED) is 0.923. The van der Waals surface area contributed by atoms with E-state index in [1.165, 1.54) is 11.6 Å². The highest BCUT2D eigenvalue weighted by Crippen LogP contribution is 2.39. The Morgan fingerprint density at radius 2 is 2.08 bits per heavy atom. The van der Waals surface area contributed by atoms with Gasteiger partial charge in [0.05, 0.1) is 17.7 Å². The number of hydrogen-bond acceptors (Lipinski definition) is 4. The molecule has 0 radical (unpaired) electrons. The van der Waals surface area contributed by atoms with Crippen LogP contribution < -0.4 is 10.5 Å². The number of benzene rings is 2. The van der Waals surface area contributed by atoms with E-state index in [9.17, 15) is 4.39 Å². The number of piperidine rings is 1. The number of likely N-dealkylation sites (tertiary alicyclic amines) is 1. The average molecular weight is 351 g/mol. The minimum Gasteiger partial charge on any atom is -0.481 e. The molecule has 3 atom stereocenters. The molecular formula is C21H22FN3O. The predicted molar refractivity (Wildman–Crippen MR) is 97.2 cm³/mol. The Balaban J connectivity index is 1.64. The van der Waals surface area contributed by atoms with Crippen LogP contribution in [-0.4, -0.2) is 30.1 Å². The van der Waals surface area contributed by atoms with Crippen molar-refractivity contribution in [1.29, 1.82) is 5.26 Å². The third-order valence-electron chi connectivity index (χ3n) is 5.41. The molecule has 0 saturated carbocycles. The molecule has 1 heterocycles. The summed E-state index contributed by atoms with van der Waals surface area (Å²) in [6, 6.07) is 14.8. The van der Waals surface area contributed by atoms with Crippen molar-refractivity contribution in [3.05, 3.63) is 65.0 Å². The van der Waals surface area contributed by atoms with E-state index in [1.54, 1.807) is 12.1 Å². The SMILES string of the molecule is N#Cc1ccc(O[C@@H]2c3ccccc3C[C@H]2N2CCC[C@H](N)C2)c(F)c1. The van der Waals surface area contributed by atoms with E-state index in [0.717, 1.165) is 37.9 Å². The van der Waals surface area contributed by atoms with Gasteiger partial charge in [0.15, 0.2) is 11.6 Å². The minimum atomic E-state index is -0.498. The summed E-state index contributed by atoms with van der Waals surface area (Å²) >= 11 is 0. The Morgan fingerprint density at radius 3 is 2.85 bits per heavy atom. The molecule has 134 valence electrons. The number of hydrogen-bond donors (Lipinski definition) is 1. The van der Waals surface area contributed by atoms with Gasteiger partial charge in [0.25, 0.3) is 0 Å². The van der Waals surface area contributed by atoms with Gasteiger partial charge in [0.1, 0.15) is 6.10 Å². The first-order valence-corrected chi connectivity index (χ1v) is 9.09. The smallest absolute Gasteiger partial charge is 0.166 e. The summed E-state index contributed by atoms with van der Waals surface area (Å²) in [5, 5.41) is 8.93. The maximum absolute atomic E-state index is 14.4. The van der Waals surface area contributed by atoms with Crippen molar-refractivity contribution in [2.45, 2.75) is 37.5 Å². The highest BCUT2D eigenvalue weighted by atomic mass is 19.1. The Labute approximate surface area is 153 Å². The molecule has 0 unspecified atom stereocenters. The van der Waals surface area contributed by atoms with Crippen molar-refractivity contribution >= 4 is 0 Å². The fourth-order valence-corrected chi connectivity index (χ4v) is 4.14. The van der Waals surface area contributed by atoms with Gasteiger partial charge in [-0.25, -0.2) is 4.39 Å². The standard InChI is InChI=1S/C21H22FN3O/c22-18-10-14(12-23)7-8-20(18)26-21-17-6-2-1-4-15(17)11-19(21)25-9-3-5-16(24)13-25/h1-2,4,6-8,10,16,19,21H,3,5,9,11,13,24H2/t16-,19+,21+/m0/s1. The van der Waals surface area contributed by atoms with Crippen molar-refractivity contribution in [3.63, 3.8) is 0 Å². The normalized spacial score (nSPS) is 25.5. The van der Waals surface area contributed by atoms with E-state index < -0.39 is 5.82 Å². The van der Waals surface area contributed by atoms with Crippen LogP contribution in [0.2, 0.25) is 0 Å². The van der Waals surface area contributed by atoms with Crippen LogP contribution in [0, 0.1) is 17.1 Å². The Kier molecular flexibility index (Phi) is 4.62. The van der Waals surface area contributed by atoms with Gasteiger partial charge in [-0.2, -0.15) is 5.26 Å². The van der Waals surface area contributed by atoms with E-state index in [1.807, 2.05) is 18.2 Å². The van der Waals surface area contributed by atoms with Gasteiger partial charge in [-0.05, 0) is 55.1 Å². The molecule has 0 bridgehead atoms. The van der Waals surface area contributed by atoms with Crippen molar-refractivity contribution in [1.82, 2.24) is 4.90 Å². The lowest BCUT2D eigenvalue weighted by Gasteiger charge is -2.38. The Morgan fingerprint density at radius 1 is 1.23 bits per heavy atom. The van der Waals surface area contributed by atoms with E-state index in [2.05, 4.69) is 17.0 Å². The molecule has 2 N–H and O–H groups in total. The summed E-state index contributed by atoms with van der Waals surface area (Å²) in [6.07, 6.45) is 2.77. The van der Waals surface area contributed by atoms with E-state index >= 15 is 0 Å².